The molecule has 1 rings (SSSR count). The molecule has 1 aliphatic rings. The van der Waals surface area contributed by atoms with Gasteiger partial charge in [0, 0.05) is 19.5 Å². The Bertz CT molecular complexity index is 296. The van der Waals surface area contributed by atoms with Crippen molar-refractivity contribution in [2.24, 2.45) is 5.92 Å². The number of hydrogen-bond donors (Lipinski definition) is 2. The van der Waals surface area contributed by atoms with E-state index in [9.17, 15) is 9.59 Å². The zero-order valence-electron chi connectivity index (χ0n) is 11.0. The van der Waals surface area contributed by atoms with Crippen molar-refractivity contribution in [3.05, 3.63) is 0 Å². The van der Waals surface area contributed by atoms with E-state index in [1.807, 2.05) is 6.92 Å². The molecule has 0 radical (unpaired) electrons. The predicted octanol–water partition coefficient (Wildman–Crippen LogP) is -0.0659. The molecule has 1 saturated heterocycles. The zero-order valence-corrected chi connectivity index (χ0v) is 11.0. The van der Waals surface area contributed by atoms with Gasteiger partial charge in [-0.1, -0.05) is 6.92 Å². The normalized spacial score (nSPS) is 23.3. The quantitative estimate of drug-likeness (QED) is 0.668. The summed E-state index contributed by atoms with van der Waals surface area (Å²) in [7, 11) is 1.62. The summed E-state index contributed by atoms with van der Waals surface area (Å²) in [4.78, 5) is 24.3. The number of nitrogens with one attached hydrogen (secondary N) is 1. The molecule has 6 nitrogen and oxygen atoms in total. The van der Waals surface area contributed by atoms with E-state index < -0.39 is 11.9 Å². The summed E-state index contributed by atoms with van der Waals surface area (Å²) in [5.74, 6) is -1.24. The van der Waals surface area contributed by atoms with Gasteiger partial charge in [0.2, 0.25) is 5.91 Å². The van der Waals surface area contributed by atoms with E-state index in [0.717, 1.165) is 19.5 Å². The summed E-state index contributed by atoms with van der Waals surface area (Å²) >= 11 is 0. The summed E-state index contributed by atoms with van der Waals surface area (Å²) in [6, 6.07) is -0.0720. The topological polar surface area (TPSA) is 78.9 Å². The second kappa shape index (κ2) is 7.33. The Balaban J connectivity index is 2.44. The molecule has 6 heteroatoms. The first-order valence-electron chi connectivity index (χ1n) is 6.35. The van der Waals surface area contributed by atoms with Crippen molar-refractivity contribution in [1.29, 1.82) is 0 Å². The van der Waals surface area contributed by atoms with Crippen LogP contribution in [-0.4, -0.2) is 61.3 Å². The number of carboxylic acids is 1. The number of amides is 1. The minimum absolute atomic E-state index is 0.0171. The van der Waals surface area contributed by atoms with Gasteiger partial charge >= 0.3 is 5.97 Å². The van der Waals surface area contributed by atoms with E-state index in [-0.39, 0.29) is 18.6 Å². The summed E-state index contributed by atoms with van der Waals surface area (Å²) in [6.45, 7) is 4.24. The number of ether oxygens (including phenoxy) is 1. The lowest BCUT2D eigenvalue weighted by molar-refractivity contribution is -0.143. The lowest BCUT2D eigenvalue weighted by Crippen LogP contribution is -2.43. The number of carbonyl (C=O) groups excluding carboxylic acids is 1. The van der Waals surface area contributed by atoms with E-state index >= 15 is 0 Å². The summed E-state index contributed by atoms with van der Waals surface area (Å²) in [5, 5.41) is 11.7. The van der Waals surface area contributed by atoms with Crippen LogP contribution in [0.15, 0.2) is 0 Å². The van der Waals surface area contributed by atoms with Crippen LogP contribution in [0.3, 0.4) is 0 Å². The molecule has 0 spiro atoms. The smallest absolute Gasteiger partial charge is 0.310 e. The third-order valence-electron chi connectivity index (χ3n) is 3.37. The molecule has 2 N–H and O–H groups in total. The molecule has 1 heterocycles. The van der Waals surface area contributed by atoms with Crippen molar-refractivity contribution in [3.8, 4) is 0 Å². The number of carboxylic acid groups (broad SMARTS) is 1. The molecular formula is C12H22N2O4. The highest BCUT2D eigenvalue weighted by atomic mass is 16.5. The van der Waals surface area contributed by atoms with Gasteiger partial charge in [-0.15, -0.1) is 0 Å². The van der Waals surface area contributed by atoms with Crippen LogP contribution in [0.4, 0.5) is 0 Å². The molecule has 0 aromatic rings. The van der Waals surface area contributed by atoms with E-state index in [1.54, 1.807) is 7.05 Å². The third-order valence-corrected chi connectivity index (χ3v) is 3.37. The van der Waals surface area contributed by atoms with Gasteiger partial charge in [0.1, 0.15) is 0 Å². The average Bonchev–Trinajstić information content (AvgIpc) is 2.83. The van der Waals surface area contributed by atoms with Crippen LogP contribution in [0.1, 0.15) is 19.8 Å². The van der Waals surface area contributed by atoms with Gasteiger partial charge in [-0.2, -0.15) is 0 Å². The summed E-state index contributed by atoms with van der Waals surface area (Å²) < 4.78 is 5.26. The second-order valence-corrected chi connectivity index (χ2v) is 4.45. The summed E-state index contributed by atoms with van der Waals surface area (Å²) in [6.07, 6.45) is 1.20. The highest BCUT2D eigenvalue weighted by Crippen LogP contribution is 2.20. The van der Waals surface area contributed by atoms with Crippen LogP contribution >= 0.6 is 0 Å². The predicted molar refractivity (Wildman–Crippen MR) is 66.3 cm³/mol. The fourth-order valence-corrected chi connectivity index (χ4v) is 2.26. The molecular weight excluding hydrogens is 236 g/mol. The van der Waals surface area contributed by atoms with Crippen LogP contribution in [0.25, 0.3) is 0 Å². The molecule has 104 valence electrons. The molecule has 1 aliphatic heterocycles. The van der Waals surface area contributed by atoms with Crippen molar-refractivity contribution in [1.82, 2.24) is 10.2 Å². The number of hydrogen-bond acceptors (Lipinski definition) is 4. The lowest BCUT2D eigenvalue weighted by Gasteiger charge is -2.28. The first-order valence-corrected chi connectivity index (χ1v) is 6.35. The standard InChI is InChI=1S/C12H22N2O4/c1-3-14(6-4-5-11(15)13-2)10-8-18-7-9(10)12(16)17/h9-10H,3-8H2,1-2H3,(H,13,15)(H,16,17). The van der Waals surface area contributed by atoms with Crippen molar-refractivity contribution < 1.29 is 19.4 Å². The maximum absolute atomic E-state index is 11.1. The first-order chi connectivity index (χ1) is 8.60. The maximum Gasteiger partial charge on any atom is 0.310 e. The van der Waals surface area contributed by atoms with Crippen LogP contribution in [0, 0.1) is 5.92 Å². The summed E-state index contributed by atoms with van der Waals surface area (Å²) in [5.41, 5.74) is 0. The number of nitrogens with zero attached hydrogens (tertiary/aromatic N) is 1. The van der Waals surface area contributed by atoms with Crippen molar-refractivity contribution in [2.75, 3.05) is 33.4 Å². The van der Waals surface area contributed by atoms with E-state index in [1.165, 1.54) is 0 Å². The maximum atomic E-state index is 11.1. The lowest BCUT2D eigenvalue weighted by atomic mass is 10.0. The molecule has 0 aromatic heterocycles. The Kier molecular flexibility index (Phi) is 6.07. The van der Waals surface area contributed by atoms with E-state index in [2.05, 4.69) is 10.2 Å². The van der Waals surface area contributed by atoms with Gasteiger partial charge in [0.25, 0.3) is 0 Å². The van der Waals surface area contributed by atoms with E-state index in [0.29, 0.717) is 13.0 Å². The van der Waals surface area contributed by atoms with Gasteiger partial charge in [0.15, 0.2) is 0 Å². The molecule has 0 aromatic carbocycles. The number of rotatable bonds is 7. The zero-order chi connectivity index (χ0) is 13.5. The van der Waals surface area contributed by atoms with E-state index in [4.69, 9.17) is 9.84 Å². The van der Waals surface area contributed by atoms with Gasteiger partial charge < -0.3 is 15.2 Å². The fourth-order valence-electron chi connectivity index (χ4n) is 2.26. The highest BCUT2D eigenvalue weighted by molar-refractivity contribution is 5.75. The Hall–Kier alpha value is -1.14. The minimum atomic E-state index is -0.803. The van der Waals surface area contributed by atoms with Crippen LogP contribution in [0.5, 0.6) is 0 Å². The Labute approximate surface area is 107 Å². The van der Waals surface area contributed by atoms with Gasteiger partial charge in [-0.3, -0.25) is 14.5 Å². The van der Waals surface area contributed by atoms with Crippen LogP contribution in [-0.2, 0) is 14.3 Å². The fraction of sp³-hybridized carbons (Fsp3) is 0.833. The molecule has 0 saturated carbocycles. The molecule has 0 bridgehead atoms. The molecule has 2 atom stereocenters. The Morgan fingerprint density at radius 1 is 1.44 bits per heavy atom. The first kappa shape index (κ1) is 14.9. The van der Waals surface area contributed by atoms with Crippen LogP contribution in [0.2, 0.25) is 0 Å². The molecule has 2 unspecified atom stereocenters. The average molecular weight is 258 g/mol. The largest absolute Gasteiger partial charge is 0.481 e. The molecule has 1 amide bonds. The van der Waals surface area contributed by atoms with Crippen molar-refractivity contribution in [2.45, 2.75) is 25.8 Å². The van der Waals surface area contributed by atoms with Gasteiger partial charge in [-0.05, 0) is 19.5 Å². The third kappa shape index (κ3) is 3.96. The minimum Gasteiger partial charge on any atom is -0.481 e. The second-order valence-electron chi connectivity index (χ2n) is 4.45. The number of aliphatic carboxylic acids is 1. The van der Waals surface area contributed by atoms with Crippen LogP contribution < -0.4 is 5.32 Å². The Morgan fingerprint density at radius 3 is 2.72 bits per heavy atom. The van der Waals surface area contributed by atoms with Gasteiger partial charge in [0.05, 0.1) is 19.1 Å². The molecule has 1 fully saturated rings. The highest BCUT2D eigenvalue weighted by Gasteiger charge is 2.37. The van der Waals surface area contributed by atoms with Crippen molar-refractivity contribution >= 4 is 11.9 Å². The number of carbonyl (C=O) groups is 2. The molecule has 18 heavy (non-hydrogen) atoms. The SMILES string of the molecule is CCN(CCCC(=O)NC)C1COCC1C(=O)O. The number of likely N-dealkylation sites (N-methyl/N-ethyl adjacent to an activating group) is 1. The molecule has 0 aliphatic carbocycles. The Morgan fingerprint density at radius 2 is 2.17 bits per heavy atom. The van der Waals surface area contributed by atoms with Crippen molar-refractivity contribution in [3.63, 3.8) is 0 Å². The monoisotopic (exact) mass is 258 g/mol. The van der Waals surface area contributed by atoms with Gasteiger partial charge in [-0.25, -0.2) is 0 Å².